The summed E-state index contributed by atoms with van der Waals surface area (Å²) in [6, 6.07) is 11.1. The summed E-state index contributed by atoms with van der Waals surface area (Å²) in [4.78, 5) is 11.8. The van der Waals surface area contributed by atoms with Gasteiger partial charge in [0, 0.05) is 5.69 Å². The molecule has 2 aromatic carbocycles. The largest absolute Gasteiger partial charge is 0.322 e. The number of carbonyl (C=O) groups is 1. The van der Waals surface area contributed by atoms with Crippen LogP contribution >= 0.6 is 0 Å². The van der Waals surface area contributed by atoms with Gasteiger partial charge in [-0.15, -0.1) is 0 Å². The van der Waals surface area contributed by atoms with Crippen molar-refractivity contribution in [3.63, 3.8) is 0 Å². The van der Waals surface area contributed by atoms with E-state index in [0.717, 1.165) is 12.1 Å². The summed E-state index contributed by atoms with van der Waals surface area (Å²) in [5.74, 6) is -2.72. The lowest BCUT2D eigenvalue weighted by Gasteiger charge is -2.06. The molecule has 0 spiro atoms. The van der Waals surface area contributed by atoms with Crippen molar-refractivity contribution in [2.45, 2.75) is 0 Å². The van der Waals surface area contributed by atoms with Crippen molar-refractivity contribution in [3.05, 3.63) is 65.2 Å². The number of amides is 1. The molecule has 0 aliphatic heterocycles. The van der Waals surface area contributed by atoms with E-state index in [4.69, 9.17) is 5.26 Å². The number of hydrogen-bond acceptors (Lipinski definition) is 2. The summed E-state index contributed by atoms with van der Waals surface area (Å²) in [5.41, 5.74) is 0.147. The lowest BCUT2D eigenvalue weighted by molar-refractivity contribution is 0.101. The highest BCUT2D eigenvalue weighted by Gasteiger charge is 2.16. The van der Waals surface area contributed by atoms with E-state index in [1.807, 2.05) is 6.07 Å². The van der Waals surface area contributed by atoms with E-state index in [-0.39, 0.29) is 0 Å². The standard InChI is InChI=1S/C14H8F2N2O/c15-11-2-1-3-12(16)13(11)14(19)18-10-6-4-9(8-17)5-7-10/h1-7H,(H,18,19). The predicted molar refractivity (Wildman–Crippen MR) is 65.5 cm³/mol. The molecule has 0 aliphatic carbocycles. The number of hydrogen-bond donors (Lipinski definition) is 1. The second-order valence-electron chi connectivity index (χ2n) is 3.74. The fourth-order valence-corrected chi connectivity index (χ4v) is 1.54. The summed E-state index contributed by atoms with van der Waals surface area (Å²) in [6.45, 7) is 0. The molecule has 0 saturated carbocycles. The van der Waals surface area contributed by atoms with Gasteiger partial charge >= 0.3 is 0 Å². The molecule has 0 atom stereocenters. The number of nitrogens with one attached hydrogen (secondary N) is 1. The number of carbonyl (C=O) groups excluding carboxylic acids is 1. The van der Waals surface area contributed by atoms with Gasteiger partial charge in [0.1, 0.15) is 17.2 Å². The molecule has 0 unspecified atom stereocenters. The second-order valence-corrected chi connectivity index (χ2v) is 3.74. The number of benzene rings is 2. The van der Waals surface area contributed by atoms with Crippen molar-refractivity contribution >= 4 is 11.6 Å². The Morgan fingerprint density at radius 2 is 1.63 bits per heavy atom. The van der Waals surface area contributed by atoms with E-state index in [2.05, 4.69) is 5.32 Å². The molecule has 0 aromatic heterocycles. The van der Waals surface area contributed by atoms with Crippen LogP contribution in [0.3, 0.4) is 0 Å². The molecule has 2 rings (SSSR count). The van der Waals surface area contributed by atoms with Gasteiger partial charge in [-0.25, -0.2) is 8.78 Å². The Labute approximate surface area is 108 Å². The molecule has 0 heterocycles. The Balaban J connectivity index is 2.23. The monoisotopic (exact) mass is 258 g/mol. The lowest BCUT2D eigenvalue weighted by atomic mass is 10.1. The van der Waals surface area contributed by atoms with E-state index in [1.165, 1.54) is 30.3 Å². The van der Waals surface area contributed by atoms with Gasteiger partial charge in [0.15, 0.2) is 0 Å². The van der Waals surface area contributed by atoms with Gasteiger partial charge in [-0.2, -0.15) is 5.26 Å². The molecule has 19 heavy (non-hydrogen) atoms. The third-order valence-corrected chi connectivity index (χ3v) is 2.46. The van der Waals surface area contributed by atoms with E-state index < -0.39 is 23.1 Å². The Hall–Kier alpha value is -2.74. The number of nitrogens with zero attached hydrogens (tertiary/aromatic N) is 1. The molecule has 0 aliphatic rings. The Morgan fingerprint density at radius 1 is 1.05 bits per heavy atom. The minimum atomic E-state index is -0.925. The number of rotatable bonds is 2. The lowest BCUT2D eigenvalue weighted by Crippen LogP contribution is -2.15. The topological polar surface area (TPSA) is 52.9 Å². The van der Waals surface area contributed by atoms with Crippen molar-refractivity contribution in [1.82, 2.24) is 0 Å². The highest BCUT2D eigenvalue weighted by molar-refractivity contribution is 6.04. The van der Waals surface area contributed by atoms with Crippen molar-refractivity contribution < 1.29 is 13.6 Å². The molecule has 94 valence electrons. The third-order valence-electron chi connectivity index (χ3n) is 2.46. The molecular weight excluding hydrogens is 250 g/mol. The minimum Gasteiger partial charge on any atom is -0.322 e. The summed E-state index contributed by atoms with van der Waals surface area (Å²) in [7, 11) is 0. The van der Waals surface area contributed by atoms with Crippen LogP contribution in [0.25, 0.3) is 0 Å². The molecule has 0 bridgehead atoms. The van der Waals surface area contributed by atoms with Crippen LogP contribution in [-0.4, -0.2) is 5.91 Å². The fourth-order valence-electron chi connectivity index (χ4n) is 1.54. The van der Waals surface area contributed by atoms with Crippen LogP contribution < -0.4 is 5.32 Å². The summed E-state index contributed by atoms with van der Waals surface area (Å²) in [6.07, 6.45) is 0. The van der Waals surface area contributed by atoms with Gasteiger partial charge in [-0.3, -0.25) is 4.79 Å². The average molecular weight is 258 g/mol. The van der Waals surface area contributed by atoms with Crippen molar-refractivity contribution in [2.24, 2.45) is 0 Å². The maximum Gasteiger partial charge on any atom is 0.261 e. The van der Waals surface area contributed by atoms with Crippen LogP contribution in [0.4, 0.5) is 14.5 Å². The second kappa shape index (κ2) is 5.27. The van der Waals surface area contributed by atoms with Crippen molar-refractivity contribution in [1.29, 1.82) is 5.26 Å². The molecule has 2 aromatic rings. The van der Waals surface area contributed by atoms with Gasteiger partial charge < -0.3 is 5.32 Å². The molecular formula is C14H8F2N2O. The number of nitriles is 1. The van der Waals surface area contributed by atoms with Gasteiger partial charge in [-0.1, -0.05) is 6.07 Å². The first kappa shape index (κ1) is 12.7. The molecule has 1 amide bonds. The van der Waals surface area contributed by atoms with Gasteiger partial charge in [-0.05, 0) is 36.4 Å². The van der Waals surface area contributed by atoms with Crippen LogP contribution in [0.5, 0.6) is 0 Å². The molecule has 0 saturated heterocycles. The molecule has 5 heteroatoms. The van der Waals surface area contributed by atoms with E-state index in [1.54, 1.807) is 0 Å². The zero-order valence-corrected chi connectivity index (χ0v) is 9.65. The van der Waals surface area contributed by atoms with E-state index >= 15 is 0 Å². The summed E-state index contributed by atoms with van der Waals surface area (Å²) < 4.78 is 26.8. The first-order valence-corrected chi connectivity index (χ1v) is 5.37. The first-order valence-electron chi connectivity index (χ1n) is 5.37. The minimum absolute atomic E-state index is 0.353. The predicted octanol–water partition coefficient (Wildman–Crippen LogP) is 3.09. The SMILES string of the molecule is N#Cc1ccc(NC(=O)c2c(F)cccc2F)cc1. The highest BCUT2D eigenvalue weighted by atomic mass is 19.1. The van der Waals surface area contributed by atoms with Crippen LogP contribution in [-0.2, 0) is 0 Å². The van der Waals surface area contributed by atoms with Crippen molar-refractivity contribution in [3.8, 4) is 6.07 Å². The summed E-state index contributed by atoms with van der Waals surface area (Å²) in [5, 5.41) is 11.0. The normalized spacial score (nSPS) is 9.74. The van der Waals surface area contributed by atoms with E-state index in [9.17, 15) is 13.6 Å². The maximum absolute atomic E-state index is 13.4. The molecule has 0 radical (unpaired) electrons. The average Bonchev–Trinajstić information content (AvgIpc) is 2.39. The van der Waals surface area contributed by atoms with Crippen LogP contribution in [0.15, 0.2) is 42.5 Å². The number of anilines is 1. The third kappa shape index (κ3) is 2.75. The Morgan fingerprint density at radius 3 is 2.16 bits per heavy atom. The van der Waals surface area contributed by atoms with Gasteiger partial charge in [0.25, 0.3) is 5.91 Å². The van der Waals surface area contributed by atoms with E-state index in [0.29, 0.717) is 11.3 Å². The van der Waals surface area contributed by atoms with Crippen LogP contribution in [0.2, 0.25) is 0 Å². The smallest absolute Gasteiger partial charge is 0.261 e. The molecule has 1 N–H and O–H groups in total. The molecule has 3 nitrogen and oxygen atoms in total. The Kier molecular flexibility index (Phi) is 3.53. The fraction of sp³-hybridized carbons (Fsp3) is 0. The quantitative estimate of drug-likeness (QED) is 0.899. The van der Waals surface area contributed by atoms with Crippen LogP contribution in [0.1, 0.15) is 15.9 Å². The van der Waals surface area contributed by atoms with Gasteiger partial charge in [0.2, 0.25) is 0 Å². The van der Waals surface area contributed by atoms with Gasteiger partial charge in [0.05, 0.1) is 11.6 Å². The zero-order chi connectivity index (χ0) is 13.8. The first-order chi connectivity index (χ1) is 9.11. The highest BCUT2D eigenvalue weighted by Crippen LogP contribution is 2.15. The number of halogens is 2. The zero-order valence-electron chi connectivity index (χ0n) is 9.65. The Bertz CT molecular complexity index is 640. The summed E-state index contributed by atoms with van der Waals surface area (Å²) >= 11 is 0. The molecule has 0 fully saturated rings. The van der Waals surface area contributed by atoms with Crippen molar-refractivity contribution in [2.75, 3.05) is 5.32 Å². The van der Waals surface area contributed by atoms with Crippen LogP contribution in [0, 0.1) is 23.0 Å². The maximum atomic E-state index is 13.4.